The number of oxazole rings is 2. The highest BCUT2D eigenvalue weighted by Crippen LogP contribution is 2.29. The first-order valence-corrected chi connectivity index (χ1v) is 8.94. The lowest BCUT2D eigenvalue weighted by atomic mass is 9.98. The third-order valence-corrected chi connectivity index (χ3v) is 5.08. The van der Waals surface area contributed by atoms with Crippen LogP contribution in [0.1, 0.15) is 24.7 Å². The van der Waals surface area contributed by atoms with Crippen molar-refractivity contribution in [1.82, 2.24) is 14.5 Å². The summed E-state index contributed by atoms with van der Waals surface area (Å²) in [5.74, 6) is 0.723. The number of benzene rings is 2. The largest absolute Gasteiger partial charge is 0.440 e. The molecule has 1 aliphatic heterocycles. The van der Waals surface area contributed by atoms with E-state index in [1.807, 2.05) is 48.5 Å². The van der Waals surface area contributed by atoms with Gasteiger partial charge in [0.1, 0.15) is 5.52 Å². The maximum Gasteiger partial charge on any atom is 0.421 e. The fourth-order valence-corrected chi connectivity index (χ4v) is 3.80. The number of piperidine rings is 1. The van der Waals surface area contributed by atoms with Crippen LogP contribution in [0, 0.1) is 0 Å². The Labute approximate surface area is 149 Å². The van der Waals surface area contributed by atoms with Crippen molar-refractivity contribution in [2.75, 3.05) is 13.1 Å². The molecule has 3 heterocycles. The van der Waals surface area contributed by atoms with Gasteiger partial charge in [0.15, 0.2) is 17.1 Å². The van der Waals surface area contributed by atoms with Crippen LogP contribution in [0.25, 0.3) is 22.2 Å². The van der Waals surface area contributed by atoms with Crippen LogP contribution in [0.15, 0.2) is 62.2 Å². The Kier molecular flexibility index (Phi) is 3.64. The van der Waals surface area contributed by atoms with Gasteiger partial charge < -0.3 is 8.83 Å². The quantitative estimate of drug-likeness (QED) is 0.566. The molecule has 0 aliphatic carbocycles. The molecule has 2 aromatic heterocycles. The number of rotatable bonds is 3. The molecule has 132 valence electrons. The van der Waals surface area contributed by atoms with Crippen LogP contribution >= 0.6 is 0 Å². The summed E-state index contributed by atoms with van der Waals surface area (Å²) in [5, 5.41) is 0. The topological polar surface area (TPSA) is 64.4 Å². The lowest BCUT2D eigenvalue weighted by Gasteiger charge is -2.31. The van der Waals surface area contributed by atoms with Crippen LogP contribution in [0.4, 0.5) is 0 Å². The van der Waals surface area contributed by atoms with Gasteiger partial charge in [-0.25, -0.2) is 9.78 Å². The van der Waals surface area contributed by atoms with Crippen molar-refractivity contribution in [2.24, 2.45) is 0 Å². The summed E-state index contributed by atoms with van der Waals surface area (Å²) in [5.41, 5.74) is 3.19. The monoisotopic (exact) mass is 349 g/mol. The smallest absolute Gasteiger partial charge is 0.421 e. The molecule has 0 N–H and O–H groups in total. The van der Waals surface area contributed by atoms with Crippen molar-refractivity contribution in [3.8, 4) is 0 Å². The fourth-order valence-electron chi connectivity index (χ4n) is 3.80. The Morgan fingerprint density at radius 1 is 1.04 bits per heavy atom. The number of fused-ring (bicyclic) bond motifs is 2. The van der Waals surface area contributed by atoms with E-state index in [-0.39, 0.29) is 11.7 Å². The zero-order valence-electron chi connectivity index (χ0n) is 14.3. The van der Waals surface area contributed by atoms with Crippen molar-refractivity contribution in [3.63, 3.8) is 0 Å². The van der Waals surface area contributed by atoms with Crippen LogP contribution in [0.5, 0.6) is 0 Å². The third kappa shape index (κ3) is 2.63. The van der Waals surface area contributed by atoms with E-state index < -0.39 is 0 Å². The van der Waals surface area contributed by atoms with Gasteiger partial charge in [0.05, 0.1) is 12.2 Å². The predicted molar refractivity (Wildman–Crippen MR) is 98.0 cm³/mol. The van der Waals surface area contributed by atoms with Crippen LogP contribution in [0.2, 0.25) is 0 Å². The van der Waals surface area contributed by atoms with E-state index in [4.69, 9.17) is 8.83 Å². The number of nitrogens with zero attached hydrogens (tertiary/aromatic N) is 3. The van der Waals surface area contributed by atoms with Crippen molar-refractivity contribution < 1.29 is 8.83 Å². The molecule has 5 rings (SSSR count). The summed E-state index contributed by atoms with van der Waals surface area (Å²) in [4.78, 5) is 19.1. The summed E-state index contributed by atoms with van der Waals surface area (Å²) in [7, 11) is 0. The molecule has 1 fully saturated rings. The number of aromatic nitrogens is 2. The highest BCUT2D eigenvalue weighted by molar-refractivity contribution is 5.73. The SMILES string of the molecule is O=c1oc2ccccc2n1CN1CCCC(c2nc3ccccc3o2)C1. The van der Waals surface area contributed by atoms with Crippen LogP contribution in [-0.4, -0.2) is 27.5 Å². The van der Waals surface area contributed by atoms with Gasteiger partial charge in [0.2, 0.25) is 0 Å². The number of likely N-dealkylation sites (tertiary alicyclic amines) is 1. The molecule has 0 radical (unpaired) electrons. The Morgan fingerprint density at radius 2 is 1.85 bits per heavy atom. The van der Waals surface area contributed by atoms with Gasteiger partial charge in [-0.05, 0) is 43.7 Å². The molecular weight excluding hydrogens is 330 g/mol. The number of hydrogen-bond donors (Lipinski definition) is 0. The van der Waals surface area contributed by atoms with E-state index in [1.165, 1.54) is 0 Å². The van der Waals surface area contributed by atoms with Crippen LogP contribution in [0.3, 0.4) is 0 Å². The molecule has 0 spiro atoms. The summed E-state index contributed by atoms with van der Waals surface area (Å²) >= 11 is 0. The van der Waals surface area contributed by atoms with Gasteiger partial charge in [-0.3, -0.25) is 9.47 Å². The molecule has 0 amide bonds. The Bertz CT molecular complexity index is 1090. The van der Waals surface area contributed by atoms with Crippen molar-refractivity contribution in [2.45, 2.75) is 25.4 Å². The molecule has 6 heteroatoms. The first-order chi connectivity index (χ1) is 12.8. The first kappa shape index (κ1) is 15.4. The summed E-state index contributed by atoms with van der Waals surface area (Å²) < 4.78 is 13.0. The maximum absolute atomic E-state index is 12.2. The Balaban J connectivity index is 1.40. The van der Waals surface area contributed by atoms with Gasteiger partial charge in [0.25, 0.3) is 0 Å². The number of para-hydroxylation sites is 4. The second-order valence-electron chi connectivity index (χ2n) is 6.84. The van der Waals surface area contributed by atoms with Gasteiger partial charge >= 0.3 is 5.76 Å². The Morgan fingerprint density at radius 3 is 2.73 bits per heavy atom. The van der Waals surface area contributed by atoms with Gasteiger partial charge in [-0.1, -0.05) is 24.3 Å². The van der Waals surface area contributed by atoms with Crippen LogP contribution in [-0.2, 0) is 6.67 Å². The standard InChI is InChI=1S/C20H19N3O3/c24-20-23(16-8-2-4-10-18(16)26-20)13-22-11-5-6-14(12-22)19-21-15-7-1-3-9-17(15)25-19/h1-4,7-10,14H,5-6,11-13H2. The summed E-state index contributed by atoms with van der Waals surface area (Å²) in [6.45, 7) is 2.29. The lowest BCUT2D eigenvalue weighted by Crippen LogP contribution is -2.37. The molecule has 1 unspecified atom stereocenters. The third-order valence-electron chi connectivity index (χ3n) is 5.08. The molecule has 4 aromatic rings. The summed E-state index contributed by atoms with van der Waals surface area (Å²) in [6.07, 6.45) is 2.10. The Hall–Kier alpha value is -2.86. The minimum Gasteiger partial charge on any atom is -0.440 e. The van der Waals surface area contributed by atoms with E-state index in [9.17, 15) is 4.79 Å². The predicted octanol–water partition coefficient (Wildman–Crippen LogP) is 3.57. The summed E-state index contributed by atoms with van der Waals surface area (Å²) in [6, 6.07) is 15.4. The molecule has 0 bridgehead atoms. The second kappa shape index (κ2) is 6.14. The molecular formula is C20H19N3O3. The average Bonchev–Trinajstić information content (AvgIpc) is 3.24. The van der Waals surface area contributed by atoms with Gasteiger partial charge in [-0.15, -0.1) is 0 Å². The van der Waals surface area contributed by atoms with E-state index >= 15 is 0 Å². The zero-order valence-corrected chi connectivity index (χ0v) is 14.3. The highest BCUT2D eigenvalue weighted by Gasteiger charge is 2.26. The second-order valence-corrected chi connectivity index (χ2v) is 6.84. The minimum absolute atomic E-state index is 0.241. The van der Waals surface area contributed by atoms with Crippen LogP contribution < -0.4 is 5.76 Å². The molecule has 1 aliphatic rings. The van der Waals surface area contributed by atoms with E-state index in [2.05, 4.69) is 9.88 Å². The minimum atomic E-state index is -0.310. The van der Waals surface area contributed by atoms with Crippen molar-refractivity contribution in [3.05, 3.63) is 65.0 Å². The molecule has 2 aromatic carbocycles. The molecule has 26 heavy (non-hydrogen) atoms. The van der Waals surface area contributed by atoms with Gasteiger partial charge in [0, 0.05) is 12.5 Å². The highest BCUT2D eigenvalue weighted by atomic mass is 16.4. The van der Waals surface area contributed by atoms with Crippen molar-refractivity contribution in [1.29, 1.82) is 0 Å². The van der Waals surface area contributed by atoms with E-state index in [0.717, 1.165) is 48.4 Å². The fraction of sp³-hybridized carbons (Fsp3) is 0.300. The zero-order chi connectivity index (χ0) is 17.5. The average molecular weight is 349 g/mol. The van der Waals surface area contributed by atoms with Gasteiger partial charge in [-0.2, -0.15) is 0 Å². The van der Waals surface area contributed by atoms with E-state index in [1.54, 1.807) is 4.57 Å². The molecule has 1 saturated heterocycles. The molecule has 6 nitrogen and oxygen atoms in total. The lowest BCUT2D eigenvalue weighted by molar-refractivity contribution is 0.153. The first-order valence-electron chi connectivity index (χ1n) is 8.94. The molecule has 0 saturated carbocycles. The number of hydrogen-bond acceptors (Lipinski definition) is 5. The maximum atomic E-state index is 12.2. The molecule has 1 atom stereocenters. The van der Waals surface area contributed by atoms with E-state index in [0.29, 0.717) is 12.3 Å². The van der Waals surface area contributed by atoms with Crippen molar-refractivity contribution >= 4 is 22.2 Å². The normalized spacial score (nSPS) is 18.7.